The summed E-state index contributed by atoms with van der Waals surface area (Å²) in [4.78, 5) is 2.36. The van der Waals surface area contributed by atoms with Crippen molar-refractivity contribution in [2.45, 2.75) is 0 Å². The number of anilines is 3. The second kappa shape index (κ2) is 11.7. The molecule has 0 bridgehead atoms. The summed E-state index contributed by atoms with van der Waals surface area (Å²) in [5.74, 6) is 0. The molecule has 0 saturated carbocycles. The largest absolute Gasteiger partial charge is 0.455 e. The van der Waals surface area contributed by atoms with Crippen LogP contribution in [0.15, 0.2) is 197 Å². The molecule has 3 nitrogen and oxygen atoms in total. The highest BCUT2D eigenvalue weighted by atomic mass is 16.3. The summed E-state index contributed by atoms with van der Waals surface area (Å²) in [6.07, 6.45) is 0. The lowest BCUT2D eigenvalue weighted by molar-refractivity contribution is 0.669. The third kappa shape index (κ3) is 4.68. The third-order valence-corrected chi connectivity index (χ3v) is 10.7. The van der Waals surface area contributed by atoms with Crippen LogP contribution in [0, 0.1) is 0 Å². The Labute approximate surface area is 305 Å². The normalized spacial score (nSPS) is 11.8. The van der Waals surface area contributed by atoms with E-state index < -0.39 is 0 Å². The van der Waals surface area contributed by atoms with Gasteiger partial charge < -0.3 is 13.7 Å². The van der Waals surface area contributed by atoms with Gasteiger partial charge in [-0.15, -0.1) is 0 Å². The minimum atomic E-state index is 0.863. The molecule has 0 aliphatic heterocycles. The minimum Gasteiger partial charge on any atom is -0.455 e. The van der Waals surface area contributed by atoms with Crippen molar-refractivity contribution in [3.8, 4) is 22.3 Å². The van der Waals surface area contributed by atoms with Gasteiger partial charge in [0.25, 0.3) is 0 Å². The zero-order valence-electron chi connectivity index (χ0n) is 28.7. The number of nitrogens with zero attached hydrogens (tertiary/aromatic N) is 1. The van der Waals surface area contributed by atoms with Crippen molar-refractivity contribution in [1.82, 2.24) is 0 Å². The molecule has 0 atom stereocenters. The first-order chi connectivity index (χ1) is 26.3. The van der Waals surface area contributed by atoms with Crippen LogP contribution in [0.3, 0.4) is 0 Å². The molecule has 0 unspecified atom stereocenters. The Balaban J connectivity index is 1.09. The van der Waals surface area contributed by atoms with Crippen molar-refractivity contribution in [2.75, 3.05) is 4.90 Å². The Hall–Kier alpha value is -7.10. The molecule has 0 fully saturated rings. The first-order valence-corrected chi connectivity index (χ1v) is 18.0. The van der Waals surface area contributed by atoms with E-state index in [0.717, 1.165) is 83.2 Å². The highest BCUT2D eigenvalue weighted by Gasteiger charge is 2.22. The molecule has 0 radical (unpaired) electrons. The van der Waals surface area contributed by atoms with Gasteiger partial charge in [0.1, 0.15) is 16.7 Å². The molecule has 11 aromatic rings. The Morgan fingerprint density at radius 2 is 0.943 bits per heavy atom. The Kier molecular flexibility index (Phi) is 6.55. The van der Waals surface area contributed by atoms with Crippen LogP contribution in [-0.4, -0.2) is 0 Å². The fourth-order valence-corrected chi connectivity index (χ4v) is 8.16. The second-order valence-corrected chi connectivity index (χ2v) is 13.7. The third-order valence-electron chi connectivity index (χ3n) is 10.7. The first-order valence-electron chi connectivity index (χ1n) is 18.0. The Morgan fingerprint density at radius 3 is 1.79 bits per heavy atom. The summed E-state index contributed by atoms with van der Waals surface area (Å²) in [6, 6.07) is 66.7. The highest BCUT2D eigenvalue weighted by Crippen LogP contribution is 2.46. The number of para-hydroxylation sites is 3. The lowest BCUT2D eigenvalue weighted by Crippen LogP contribution is -2.11. The fraction of sp³-hybridized carbons (Fsp3) is 0. The highest BCUT2D eigenvalue weighted by molar-refractivity contribution is 6.17. The van der Waals surface area contributed by atoms with Crippen LogP contribution in [0.2, 0.25) is 0 Å². The van der Waals surface area contributed by atoms with E-state index >= 15 is 0 Å². The topological polar surface area (TPSA) is 29.5 Å². The molecule has 2 heterocycles. The molecule has 0 spiro atoms. The van der Waals surface area contributed by atoms with Crippen LogP contribution in [0.5, 0.6) is 0 Å². The van der Waals surface area contributed by atoms with E-state index in [2.05, 4.69) is 175 Å². The van der Waals surface area contributed by atoms with Crippen molar-refractivity contribution < 1.29 is 8.83 Å². The number of fused-ring (bicyclic) bond motifs is 9. The van der Waals surface area contributed by atoms with E-state index in [1.165, 1.54) is 21.5 Å². The molecular weight excluding hydrogens is 647 g/mol. The predicted molar refractivity (Wildman–Crippen MR) is 222 cm³/mol. The number of furan rings is 2. The second-order valence-electron chi connectivity index (χ2n) is 13.7. The molecule has 3 heteroatoms. The van der Waals surface area contributed by atoms with Gasteiger partial charge in [-0.2, -0.15) is 0 Å². The maximum absolute atomic E-state index is 6.65. The van der Waals surface area contributed by atoms with Crippen LogP contribution in [0.4, 0.5) is 17.1 Å². The van der Waals surface area contributed by atoms with E-state index in [9.17, 15) is 0 Å². The van der Waals surface area contributed by atoms with Gasteiger partial charge in [-0.3, -0.25) is 0 Å². The number of benzene rings is 9. The number of hydrogen-bond acceptors (Lipinski definition) is 3. The average Bonchev–Trinajstić information content (AvgIpc) is 3.80. The van der Waals surface area contributed by atoms with Crippen LogP contribution < -0.4 is 4.90 Å². The lowest BCUT2D eigenvalue weighted by Gasteiger charge is -2.27. The van der Waals surface area contributed by atoms with Crippen molar-refractivity contribution in [2.24, 2.45) is 0 Å². The molecule has 0 aliphatic carbocycles. The minimum absolute atomic E-state index is 0.863. The number of hydrogen-bond donors (Lipinski definition) is 0. The summed E-state index contributed by atoms with van der Waals surface area (Å²) in [5, 5.41) is 9.26. The van der Waals surface area contributed by atoms with Crippen LogP contribution in [0.1, 0.15) is 0 Å². The molecule has 0 N–H and O–H groups in total. The van der Waals surface area contributed by atoms with Crippen LogP contribution in [-0.2, 0) is 0 Å². The summed E-state index contributed by atoms with van der Waals surface area (Å²) in [5.41, 5.74) is 11.2. The summed E-state index contributed by atoms with van der Waals surface area (Å²) in [6.45, 7) is 0. The smallest absolute Gasteiger partial charge is 0.159 e. The van der Waals surface area contributed by atoms with Gasteiger partial charge in [0.05, 0.1) is 11.4 Å². The monoisotopic (exact) mass is 677 g/mol. The molecule has 248 valence electrons. The van der Waals surface area contributed by atoms with Gasteiger partial charge in [-0.05, 0) is 75.3 Å². The quantitative estimate of drug-likeness (QED) is 0.170. The SMILES string of the molecule is c1ccc(-c2cccc3c2oc2ccc(-c4ccc(N(c5cc6ccccc6c6ccccc56)c5cccc6c5oc5ccccc56)cc4)cc23)cc1. The van der Waals surface area contributed by atoms with Gasteiger partial charge in [0.15, 0.2) is 5.58 Å². The van der Waals surface area contributed by atoms with Crippen molar-refractivity contribution in [3.63, 3.8) is 0 Å². The van der Waals surface area contributed by atoms with Crippen molar-refractivity contribution in [3.05, 3.63) is 188 Å². The Bertz CT molecular complexity index is 3170. The maximum atomic E-state index is 6.65. The van der Waals surface area contributed by atoms with Gasteiger partial charge >= 0.3 is 0 Å². The summed E-state index contributed by atoms with van der Waals surface area (Å²) < 4.78 is 13.1. The fourth-order valence-electron chi connectivity index (χ4n) is 8.16. The van der Waals surface area contributed by atoms with Crippen molar-refractivity contribution in [1.29, 1.82) is 0 Å². The molecule has 11 rings (SSSR count). The van der Waals surface area contributed by atoms with E-state index in [1.807, 2.05) is 18.2 Å². The van der Waals surface area contributed by atoms with Gasteiger partial charge in [0, 0.05) is 38.2 Å². The molecule has 2 aromatic heterocycles. The summed E-state index contributed by atoms with van der Waals surface area (Å²) >= 11 is 0. The van der Waals surface area contributed by atoms with E-state index in [1.54, 1.807) is 0 Å². The van der Waals surface area contributed by atoms with Gasteiger partial charge in [-0.25, -0.2) is 0 Å². The molecular formula is C50H31NO2. The van der Waals surface area contributed by atoms with E-state index in [4.69, 9.17) is 8.83 Å². The van der Waals surface area contributed by atoms with E-state index in [0.29, 0.717) is 0 Å². The zero-order valence-corrected chi connectivity index (χ0v) is 28.7. The molecule has 9 aromatic carbocycles. The zero-order chi connectivity index (χ0) is 34.9. The molecule has 0 aliphatic rings. The average molecular weight is 678 g/mol. The molecule has 53 heavy (non-hydrogen) atoms. The summed E-state index contributed by atoms with van der Waals surface area (Å²) in [7, 11) is 0. The van der Waals surface area contributed by atoms with Gasteiger partial charge in [-0.1, -0.05) is 146 Å². The molecule has 0 saturated heterocycles. The van der Waals surface area contributed by atoms with E-state index in [-0.39, 0.29) is 0 Å². The lowest BCUT2D eigenvalue weighted by atomic mass is 9.98. The van der Waals surface area contributed by atoms with Crippen LogP contribution >= 0.6 is 0 Å². The van der Waals surface area contributed by atoms with Gasteiger partial charge in [0.2, 0.25) is 0 Å². The number of rotatable bonds is 5. The first kappa shape index (κ1) is 29.6. The van der Waals surface area contributed by atoms with Crippen molar-refractivity contribution >= 4 is 82.5 Å². The predicted octanol–water partition coefficient (Wildman–Crippen LogP) is 14.6. The standard InChI is InChI=1S/C50H31NO2/c1-2-12-33(13-3-1)38-19-10-20-43-44-30-34(26-29-48(44)52-49(38)43)32-24-27-36(28-25-32)51(45-22-11-21-42-41-18-8-9-23-47(41)53-50(42)45)46-31-35-14-4-5-15-37(35)39-16-6-7-17-40(39)46/h1-31H. The Morgan fingerprint density at radius 1 is 0.321 bits per heavy atom. The molecule has 0 amide bonds. The van der Waals surface area contributed by atoms with Crippen LogP contribution in [0.25, 0.3) is 87.7 Å². The maximum Gasteiger partial charge on any atom is 0.159 e.